The van der Waals surface area contributed by atoms with Crippen LogP contribution in [0.5, 0.6) is 0 Å². The summed E-state index contributed by atoms with van der Waals surface area (Å²) in [6.45, 7) is 2.50. The average molecular weight is 387 g/mol. The van der Waals surface area contributed by atoms with Crippen LogP contribution in [-0.2, 0) is 31.2 Å². The number of rotatable bonds is 1. The molecule has 0 spiro atoms. The Hall–Kier alpha value is -3.55. The van der Waals surface area contributed by atoms with Gasteiger partial charge in [-0.25, -0.2) is 4.68 Å². The first-order valence-electron chi connectivity index (χ1n) is 9.62. The molecule has 8 heteroatoms. The Balaban J connectivity index is 1.63. The van der Waals surface area contributed by atoms with Crippen LogP contribution in [0, 0.1) is 6.92 Å². The molecule has 3 aromatic heterocycles. The molecule has 1 N–H and O–H groups in total. The van der Waals surface area contributed by atoms with Crippen LogP contribution in [0.1, 0.15) is 34.4 Å². The van der Waals surface area contributed by atoms with Crippen molar-refractivity contribution in [2.24, 2.45) is 7.05 Å². The number of aromatic nitrogens is 6. The van der Waals surface area contributed by atoms with Crippen molar-refractivity contribution in [1.29, 1.82) is 0 Å². The lowest BCUT2D eigenvalue weighted by Crippen LogP contribution is -2.32. The maximum Gasteiger partial charge on any atom is 0.226 e. The summed E-state index contributed by atoms with van der Waals surface area (Å²) in [5.74, 6) is -0.0637. The van der Waals surface area contributed by atoms with Gasteiger partial charge in [-0.3, -0.25) is 14.5 Å². The molecule has 1 aliphatic rings. The quantitative estimate of drug-likeness (QED) is 0.538. The molecule has 4 heterocycles. The number of nitrogens with zero attached hydrogens (tertiary/aromatic N) is 6. The summed E-state index contributed by atoms with van der Waals surface area (Å²) in [4.78, 5) is 17.6. The summed E-state index contributed by atoms with van der Waals surface area (Å²) >= 11 is 0. The van der Waals surface area contributed by atoms with Crippen LogP contribution in [0.15, 0.2) is 42.6 Å². The maximum absolute atomic E-state index is 12.9. The molecule has 1 amide bonds. The minimum absolute atomic E-state index is 0.0637. The number of pyridine rings is 1. The third-order valence-electron chi connectivity index (χ3n) is 5.50. The molecule has 4 bridgehead atoms. The lowest BCUT2D eigenvalue weighted by molar-refractivity contribution is -0.121. The standard InChI is InChI=1S/C21H21N7O/c1-13-17-10-18(14-6-4-3-5-7-14)24-20(29)9-16-8-15-11-22-27(2)21(15)19(23-16)12-28(13)26-25-17/h3-8,11,18H,9-10,12H2,1-2H3,(H,24,29). The molecule has 4 aromatic rings. The largest absolute Gasteiger partial charge is 0.349 e. The smallest absolute Gasteiger partial charge is 0.226 e. The fraction of sp³-hybridized carbons (Fsp3) is 0.286. The highest BCUT2D eigenvalue weighted by molar-refractivity contribution is 5.84. The molecule has 0 radical (unpaired) electrons. The summed E-state index contributed by atoms with van der Waals surface area (Å²) in [5, 5.41) is 17.3. The molecule has 8 nitrogen and oxygen atoms in total. The summed E-state index contributed by atoms with van der Waals surface area (Å²) in [7, 11) is 1.90. The topological polar surface area (TPSA) is 90.5 Å². The van der Waals surface area contributed by atoms with Gasteiger partial charge in [-0.1, -0.05) is 35.5 Å². The monoisotopic (exact) mass is 387 g/mol. The number of hydrogen-bond acceptors (Lipinski definition) is 5. The predicted octanol–water partition coefficient (Wildman–Crippen LogP) is 1.87. The molecule has 0 fully saturated rings. The van der Waals surface area contributed by atoms with E-state index in [-0.39, 0.29) is 18.4 Å². The molecular weight excluding hydrogens is 366 g/mol. The fourth-order valence-corrected chi connectivity index (χ4v) is 3.97. The maximum atomic E-state index is 12.9. The Kier molecular flexibility index (Phi) is 4.12. The van der Waals surface area contributed by atoms with E-state index in [1.807, 2.05) is 59.7 Å². The number of nitrogens with one attached hydrogen (secondary N) is 1. The molecule has 0 saturated heterocycles. The second kappa shape index (κ2) is 6.80. The van der Waals surface area contributed by atoms with Gasteiger partial charge in [-0.2, -0.15) is 5.10 Å². The van der Waals surface area contributed by atoms with Crippen molar-refractivity contribution in [3.05, 3.63) is 70.9 Å². The van der Waals surface area contributed by atoms with Gasteiger partial charge in [0.25, 0.3) is 0 Å². The summed E-state index contributed by atoms with van der Waals surface area (Å²) < 4.78 is 3.69. The molecule has 1 unspecified atom stereocenters. The molecule has 1 aliphatic heterocycles. The van der Waals surface area contributed by atoms with Crippen LogP contribution in [0.2, 0.25) is 0 Å². The lowest BCUT2D eigenvalue weighted by atomic mass is 10.0. The zero-order valence-corrected chi connectivity index (χ0v) is 16.3. The number of fused-ring (bicyclic) bond motifs is 6. The van der Waals surface area contributed by atoms with Crippen molar-refractivity contribution in [3.8, 4) is 0 Å². The highest BCUT2D eigenvalue weighted by Crippen LogP contribution is 2.23. The van der Waals surface area contributed by atoms with Gasteiger partial charge in [0.15, 0.2) is 0 Å². The Morgan fingerprint density at radius 3 is 2.83 bits per heavy atom. The number of hydrogen-bond donors (Lipinski definition) is 1. The number of amides is 1. The first-order valence-corrected chi connectivity index (χ1v) is 9.62. The van der Waals surface area contributed by atoms with Crippen molar-refractivity contribution >= 4 is 16.8 Å². The Labute approximate surface area is 167 Å². The molecule has 146 valence electrons. The molecule has 5 rings (SSSR count). The minimum atomic E-state index is -0.173. The van der Waals surface area contributed by atoms with Gasteiger partial charge in [-0.15, -0.1) is 5.10 Å². The first kappa shape index (κ1) is 17.5. The SMILES string of the molecule is Cc1c2nnn1Cc1nc(cc3cnn(C)c13)CC(=O)NC(c1ccccc1)C2. The predicted molar refractivity (Wildman–Crippen MR) is 107 cm³/mol. The third-order valence-corrected chi connectivity index (χ3v) is 5.50. The number of benzene rings is 1. The van der Waals surface area contributed by atoms with Crippen molar-refractivity contribution in [1.82, 2.24) is 35.1 Å². The van der Waals surface area contributed by atoms with E-state index in [0.29, 0.717) is 13.0 Å². The van der Waals surface area contributed by atoms with E-state index in [2.05, 4.69) is 20.7 Å². The molecular formula is C21H21N7O. The highest BCUT2D eigenvalue weighted by Gasteiger charge is 2.22. The van der Waals surface area contributed by atoms with Crippen LogP contribution in [-0.4, -0.2) is 35.7 Å². The van der Waals surface area contributed by atoms with Gasteiger partial charge in [0.2, 0.25) is 5.91 Å². The fourth-order valence-electron chi connectivity index (χ4n) is 3.97. The van der Waals surface area contributed by atoms with Crippen LogP contribution in [0.4, 0.5) is 0 Å². The molecule has 0 aliphatic carbocycles. The van der Waals surface area contributed by atoms with E-state index >= 15 is 0 Å². The van der Waals surface area contributed by atoms with E-state index < -0.39 is 0 Å². The number of carbonyl (C=O) groups is 1. The Morgan fingerprint density at radius 2 is 2.00 bits per heavy atom. The van der Waals surface area contributed by atoms with Gasteiger partial charge < -0.3 is 5.32 Å². The van der Waals surface area contributed by atoms with Gasteiger partial charge in [0.05, 0.1) is 53.5 Å². The molecule has 0 saturated carbocycles. The number of aryl methyl sites for hydroxylation is 1. The molecule has 29 heavy (non-hydrogen) atoms. The van der Waals surface area contributed by atoms with E-state index in [1.54, 1.807) is 6.20 Å². The van der Waals surface area contributed by atoms with Gasteiger partial charge in [0.1, 0.15) is 0 Å². The molecule has 1 atom stereocenters. The highest BCUT2D eigenvalue weighted by atomic mass is 16.1. The van der Waals surface area contributed by atoms with Gasteiger partial charge in [-0.05, 0) is 18.6 Å². The third kappa shape index (κ3) is 3.16. The zero-order chi connectivity index (χ0) is 20.0. The summed E-state index contributed by atoms with van der Waals surface area (Å²) in [6, 6.07) is 11.7. The molecule has 1 aromatic carbocycles. The second-order valence-corrected chi connectivity index (χ2v) is 7.46. The zero-order valence-electron chi connectivity index (χ0n) is 16.3. The van der Waals surface area contributed by atoms with Gasteiger partial charge in [0, 0.05) is 18.9 Å². The summed E-state index contributed by atoms with van der Waals surface area (Å²) in [6.07, 6.45) is 2.61. The van der Waals surface area contributed by atoms with E-state index in [9.17, 15) is 4.79 Å². The van der Waals surface area contributed by atoms with E-state index in [4.69, 9.17) is 4.98 Å². The first-order chi connectivity index (χ1) is 14.1. The van der Waals surface area contributed by atoms with Crippen LogP contribution >= 0.6 is 0 Å². The van der Waals surface area contributed by atoms with Crippen molar-refractivity contribution in [2.45, 2.75) is 32.4 Å². The normalized spacial score (nSPS) is 16.9. The van der Waals surface area contributed by atoms with Crippen LogP contribution < -0.4 is 5.32 Å². The van der Waals surface area contributed by atoms with Crippen molar-refractivity contribution < 1.29 is 4.79 Å². The van der Waals surface area contributed by atoms with Crippen LogP contribution in [0.25, 0.3) is 10.9 Å². The van der Waals surface area contributed by atoms with Crippen LogP contribution in [0.3, 0.4) is 0 Å². The average Bonchev–Trinajstić information content (AvgIpc) is 3.25. The van der Waals surface area contributed by atoms with E-state index in [0.717, 1.165) is 39.2 Å². The van der Waals surface area contributed by atoms with Crippen molar-refractivity contribution in [2.75, 3.05) is 0 Å². The second-order valence-electron chi connectivity index (χ2n) is 7.46. The Bertz CT molecular complexity index is 1210. The van der Waals surface area contributed by atoms with E-state index in [1.165, 1.54) is 0 Å². The van der Waals surface area contributed by atoms with Gasteiger partial charge >= 0.3 is 0 Å². The van der Waals surface area contributed by atoms with Crippen molar-refractivity contribution in [3.63, 3.8) is 0 Å². The lowest BCUT2D eigenvalue weighted by Gasteiger charge is -2.19. The Morgan fingerprint density at radius 1 is 1.17 bits per heavy atom. The minimum Gasteiger partial charge on any atom is -0.349 e. The summed E-state index contributed by atoms with van der Waals surface area (Å²) in [5.41, 5.74) is 5.40. The number of carbonyl (C=O) groups excluding carboxylic acids is 1.